The summed E-state index contributed by atoms with van der Waals surface area (Å²) < 4.78 is 26.1. The third-order valence-corrected chi connectivity index (χ3v) is 5.48. The molecule has 2 aromatic carbocycles. The molecular weight excluding hydrogens is 396 g/mol. The number of hydrazine groups is 1. The molecule has 0 saturated heterocycles. The minimum atomic E-state index is -4.13. The Balaban J connectivity index is 1.92. The van der Waals surface area contributed by atoms with E-state index in [1.54, 1.807) is 31.2 Å². The zero-order valence-electron chi connectivity index (χ0n) is 15.7. The highest BCUT2D eigenvalue weighted by Gasteiger charge is 2.20. The maximum Gasteiger partial charge on any atom is 0.287 e. The zero-order chi connectivity index (χ0) is 21.2. The molecule has 3 aromatic rings. The summed E-state index contributed by atoms with van der Waals surface area (Å²) in [5.74, 6) is -1.11. The number of Topliss-reactive ketones (excluding diaryl/α,β-unsaturated/α-hetero) is 1. The quantitative estimate of drug-likeness (QED) is 0.462. The summed E-state index contributed by atoms with van der Waals surface area (Å²) >= 11 is 0. The number of hydrogen-bond donors (Lipinski definition) is 2. The number of nitrogens with one attached hydrogen (secondary N) is 2. The van der Waals surface area contributed by atoms with E-state index in [0.29, 0.717) is 10.8 Å². The van der Waals surface area contributed by atoms with E-state index in [9.17, 15) is 22.8 Å². The summed E-state index contributed by atoms with van der Waals surface area (Å²) in [6.45, 7) is 3.27. The maximum absolute atomic E-state index is 12.6. The molecule has 0 unspecified atom stereocenters. The number of aromatic nitrogens is 2. The first-order valence-corrected chi connectivity index (χ1v) is 10.2. The Morgan fingerprint density at radius 2 is 1.76 bits per heavy atom. The predicted molar refractivity (Wildman–Crippen MR) is 106 cm³/mol. The molecule has 29 heavy (non-hydrogen) atoms. The highest BCUT2D eigenvalue weighted by atomic mass is 32.2. The van der Waals surface area contributed by atoms with Gasteiger partial charge >= 0.3 is 0 Å². The fraction of sp³-hybridized carbons (Fsp3) is 0.158. The van der Waals surface area contributed by atoms with Crippen LogP contribution in [0.1, 0.15) is 34.7 Å². The molecule has 150 valence electrons. The van der Waals surface area contributed by atoms with Crippen molar-refractivity contribution in [2.24, 2.45) is 0 Å². The van der Waals surface area contributed by atoms with Crippen LogP contribution < -0.4 is 15.8 Å². The molecule has 0 aliphatic carbocycles. The second-order valence-corrected chi connectivity index (χ2v) is 7.84. The number of ketones is 1. The molecule has 3 rings (SSSR count). The fourth-order valence-corrected chi connectivity index (χ4v) is 3.62. The summed E-state index contributed by atoms with van der Waals surface area (Å²) in [5, 5.41) is 4.64. The van der Waals surface area contributed by atoms with Gasteiger partial charge in [0.15, 0.2) is 11.5 Å². The van der Waals surface area contributed by atoms with E-state index in [1.807, 2.05) is 4.83 Å². The van der Waals surface area contributed by atoms with Crippen LogP contribution >= 0.6 is 0 Å². The van der Waals surface area contributed by atoms with E-state index in [2.05, 4.69) is 10.5 Å². The average Bonchev–Trinajstić information content (AvgIpc) is 2.72. The SMILES string of the molecule is CCn1nc(C(=O)NNS(=O)(=O)c2cccc(C(C)=O)c2)c2ccccc2c1=O. The van der Waals surface area contributed by atoms with Gasteiger partial charge in [-0.1, -0.05) is 30.3 Å². The first-order chi connectivity index (χ1) is 13.7. The first-order valence-electron chi connectivity index (χ1n) is 8.67. The second kappa shape index (κ2) is 7.94. The van der Waals surface area contributed by atoms with E-state index in [-0.39, 0.29) is 34.0 Å². The van der Waals surface area contributed by atoms with E-state index in [4.69, 9.17) is 0 Å². The van der Waals surface area contributed by atoms with E-state index in [1.165, 1.54) is 31.2 Å². The van der Waals surface area contributed by atoms with Crippen molar-refractivity contribution in [1.82, 2.24) is 20.0 Å². The van der Waals surface area contributed by atoms with Crippen molar-refractivity contribution in [3.63, 3.8) is 0 Å². The minimum Gasteiger partial charge on any atom is -0.295 e. The predicted octanol–water partition coefficient (Wildman–Crippen LogP) is 1.24. The lowest BCUT2D eigenvalue weighted by Crippen LogP contribution is -2.42. The van der Waals surface area contributed by atoms with Crippen molar-refractivity contribution in [3.05, 3.63) is 70.1 Å². The summed E-state index contributed by atoms with van der Waals surface area (Å²) in [4.78, 5) is 38.3. The molecule has 0 aliphatic heterocycles. The molecule has 9 nitrogen and oxygen atoms in total. The van der Waals surface area contributed by atoms with Gasteiger partial charge in [-0.15, -0.1) is 4.83 Å². The van der Waals surface area contributed by atoms with Gasteiger partial charge in [0.05, 0.1) is 10.3 Å². The van der Waals surface area contributed by atoms with Gasteiger partial charge in [0.25, 0.3) is 21.5 Å². The summed E-state index contributed by atoms with van der Waals surface area (Å²) in [7, 11) is -4.13. The number of carbonyl (C=O) groups excluding carboxylic acids is 2. The van der Waals surface area contributed by atoms with E-state index >= 15 is 0 Å². The molecule has 0 aliphatic rings. The number of fused-ring (bicyclic) bond motifs is 1. The molecule has 1 amide bonds. The number of benzene rings is 2. The number of hydrogen-bond acceptors (Lipinski definition) is 6. The van der Waals surface area contributed by atoms with E-state index < -0.39 is 15.9 Å². The molecule has 0 radical (unpaired) electrons. The Kier molecular flexibility index (Phi) is 5.57. The molecule has 2 N–H and O–H groups in total. The van der Waals surface area contributed by atoms with Crippen molar-refractivity contribution >= 4 is 32.5 Å². The lowest BCUT2D eigenvalue weighted by atomic mass is 10.1. The number of nitrogens with zero attached hydrogens (tertiary/aromatic N) is 2. The molecule has 0 bridgehead atoms. The Bertz CT molecular complexity index is 1280. The minimum absolute atomic E-state index is 0.0952. The van der Waals surface area contributed by atoms with Gasteiger partial charge in [-0.3, -0.25) is 19.8 Å². The highest BCUT2D eigenvalue weighted by molar-refractivity contribution is 7.89. The first kappa shape index (κ1) is 20.4. The van der Waals surface area contributed by atoms with Crippen LogP contribution in [0.2, 0.25) is 0 Å². The number of amides is 1. The fourth-order valence-electron chi connectivity index (χ4n) is 2.73. The largest absolute Gasteiger partial charge is 0.295 e. The number of aryl methyl sites for hydroxylation is 1. The molecule has 0 atom stereocenters. The third kappa shape index (κ3) is 4.08. The van der Waals surface area contributed by atoms with Crippen molar-refractivity contribution < 1.29 is 18.0 Å². The molecule has 1 aromatic heterocycles. The molecule has 0 spiro atoms. The normalized spacial score (nSPS) is 11.4. The van der Waals surface area contributed by atoms with Gasteiger partial charge in [-0.05, 0) is 32.0 Å². The smallest absolute Gasteiger partial charge is 0.287 e. The molecule has 1 heterocycles. The van der Waals surface area contributed by atoms with E-state index in [0.717, 1.165) is 4.68 Å². The summed E-state index contributed by atoms with van der Waals surface area (Å²) in [5.41, 5.74) is 1.89. The highest BCUT2D eigenvalue weighted by Crippen LogP contribution is 2.14. The molecular formula is C19H18N4O5S. The number of carbonyl (C=O) groups is 2. The standard InChI is InChI=1S/C19H18N4O5S/c1-3-23-19(26)16-10-5-4-9-15(16)17(21-23)18(25)20-22-29(27,28)14-8-6-7-13(11-14)12(2)24/h4-11,22H,3H2,1-2H3,(H,20,25). The lowest BCUT2D eigenvalue weighted by molar-refractivity contribution is 0.0938. The van der Waals surface area contributed by atoms with Crippen LogP contribution in [0.3, 0.4) is 0 Å². The summed E-state index contributed by atoms with van der Waals surface area (Å²) in [6, 6.07) is 11.9. The van der Waals surface area contributed by atoms with Crippen LogP contribution in [0.15, 0.2) is 58.2 Å². The van der Waals surface area contributed by atoms with Crippen LogP contribution in [-0.4, -0.2) is 29.9 Å². The number of sulfonamides is 1. The Hall–Kier alpha value is -3.37. The topological polar surface area (TPSA) is 127 Å². The van der Waals surface area contributed by atoms with Gasteiger partial charge in [-0.25, -0.2) is 13.1 Å². The van der Waals surface area contributed by atoms with Gasteiger partial charge < -0.3 is 0 Å². The molecule has 10 heteroatoms. The van der Waals surface area contributed by atoms with Crippen molar-refractivity contribution in [2.45, 2.75) is 25.3 Å². The van der Waals surface area contributed by atoms with Crippen LogP contribution in [0.5, 0.6) is 0 Å². The third-order valence-electron chi connectivity index (χ3n) is 4.23. The van der Waals surface area contributed by atoms with Crippen molar-refractivity contribution in [2.75, 3.05) is 0 Å². The van der Waals surface area contributed by atoms with Gasteiger partial charge in [-0.2, -0.15) is 5.10 Å². The Labute approximate surface area is 166 Å². The Morgan fingerprint density at radius 3 is 2.41 bits per heavy atom. The summed E-state index contributed by atoms with van der Waals surface area (Å²) in [6.07, 6.45) is 0. The number of rotatable bonds is 6. The monoisotopic (exact) mass is 414 g/mol. The van der Waals surface area contributed by atoms with Gasteiger partial charge in [0.1, 0.15) is 0 Å². The van der Waals surface area contributed by atoms with Crippen LogP contribution in [0.4, 0.5) is 0 Å². The van der Waals surface area contributed by atoms with Gasteiger partial charge in [0, 0.05) is 17.5 Å². The van der Waals surface area contributed by atoms with Crippen LogP contribution in [-0.2, 0) is 16.6 Å². The van der Waals surface area contributed by atoms with Crippen LogP contribution in [0.25, 0.3) is 10.8 Å². The maximum atomic E-state index is 12.6. The second-order valence-electron chi connectivity index (χ2n) is 6.16. The lowest BCUT2D eigenvalue weighted by Gasteiger charge is -2.11. The zero-order valence-corrected chi connectivity index (χ0v) is 16.5. The molecule has 0 fully saturated rings. The van der Waals surface area contributed by atoms with Gasteiger partial charge in [0.2, 0.25) is 0 Å². The molecule has 0 saturated carbocycles. The Morgan fingerprint density at radius 1 is 1.07 bits per heavy atom. The van der Waals surface area contributed by atoms with Crippen LogP contribution in [0, 0.1) is 0 Å². The average molecular weight is 414 g/mol. The van der Waals surface area contributed by atoms with Crippen molar-refractivity contribution in [1.29, 1.82) is 0 Å². The van der Waals surface area contributed by atoms with Crippen molar-refractivity contribution in [3.8, 4) is 0 Å².